The number of aryl methyl sites for hydroxylation is 2. The van der Waals surface area contributed by atoms with E-state index < -0.39 is 29.8 Å². The summed E-state index contributed by atoms with van der Waals surface area (Å²) in [5.41, 5.74) is 6.95. The van der Waals surface area contributed by atoms with E-state index in [4.69, 9.17) is 32.9 Å². The SMILES string of the molecule is CCNC(=O)CCC(=O)c1ccc(C2=NO[C@](C)(c3cc(C)cc(Cl)c3)C2)c2ccccc12.Cc1cc(Cl)cc([C@@]2(C)CC(c3ccc(C(=O)CCC(=O)NCC(F)(F)F)c4ccccc34)=NO2)c1. The van der Waals surface area contributed by atoms with Gasteiger partial charge in [-0.2, -0.15) is 13.2 Å². The molecule has 2 N–H and O–H groups in total. The number of halogens is 5. The summed E-state index contributed by atoms with van der Waals surface area (Å²) in [5, 5.41) is 17.9. The number of nitrogens with one attached hydrogen (secondary N) is 2. The lowest BCUT2D eigenvalue weighted by molar-refractivity contribution is -0.138. The number of hydrogen-bond donors (Lipinski definition) is 2. The first-order valence-corrected chi connectivity index (χ1v) is 23.3. The Balaban J connectivity index is 0.000000205. The highest BCUT2D eigenvalue weighted by atomic mass is 35.5. The summed E-state index contributed by atoms with van der Waals surface area (Å²) in [6.45, 7) is 8.91. The molecule has 8 rings (SSSR count). The summed E-state index contributed by atoms with van der Waals surface area (Å²) >= 11 is 12.5. The first-order valence-electron chi connectivity index (χ1n) is 22.5. The molecule has 2 atom stereocenters. The maximum Gasteiger partial charge on any atom is 0.405 e. The third-order valence-electron chi connectivity index (χ3n) is 12.1. The minimum Gasteiger partial charge on any atom is -0.384 e. The van der Waals surface area contributed by atoms with E-state index in [1.807, 2.05) is 113 Å². The van der Waals surface area contributed by atoms with Crippen LogP contribution >= 0.6 is 23.2 Å². The average Bonchev–Trinajstić information content (AvgIpc) is 3.92. The molecule has 0 radical (unpaired) electrons. The van der Waals surface area contributed by atoms with Crippen LogP contribution in [0.25, 0.3) is 21.5 Å². The van der Waals surface area contributed by atoms with Crippen LogP contribution in [0.2, 0.25) is 10.0 Å². The molecule has 69 heavy (non-hydrogen) atoms. The quantitative estimate of drug-likeness (QED) is 0.104. The Morgan fingerprint density at radius 1 is 0.594 bits per heavy atom. The minimum atomic E-state index is -4.50. The largest absolute Gasteiger partial charge is 0.405 e. The standard InChI is InChI=1S/C27H24ClF3N2O3.C27H27ClN2O3/c1-16-11-17(13-18(28)12-16)26(2)14-23(33-36-26)21-7-8-22(20-6-4-3-5-19(20)21)24(34)9-10-25(35)32-15-27(29,30)31;1-4-29-26(32)12-11-25(31)23-10-9-22(20-7-5-6-8-21(20)23)24-16-27(3,33-30-24)18-13-17(2)14-19(28)15-18/h3-8,11-13H,9-10,14-15H2,1-2H3,(H,32,35);5-10,13-15H,4,11-12,16H2,1-3H3,(H,29,32)/t26-;27-/m10/s1. The number of benzene rings is 6. The highest BCUT2D eigenvalue weighted by Gasteiger charge is 2.39. The fraction of sp³-hybridized carbons (Fsp3) is 0.296. The molecule has 0 spiro atoms. The first-order chi connectivity index (χ1) is 32.8. The molecular formula is C54H51Cl2F3N4O6. The second kappa shape index (κ2) is 21.0. The second-order valence-electron chi connectivity index (χ2n) is 17.7. The Morgan fingerprint density at radius 2 is 1.00 bits per heavy atom. The number of carbonyl (C=O) groups excluding carboxylic acids is 4. The minimum absolute atomic E-state index is 0.0483. The zero-order chi connectivity index (χ0) is 49.7. The Bertz CT molecular complexity index is 3010. The van der Waals surface area contributed by atoms with Gasteiger partial charge in [0.15, 0.2) is 22.8 Å². The van der Waals surface area contributed by atoms with E-state index >= 15 is 0 Å². The van der Waals surface area contributed by atoms with E-state index in [0.29, 0.717) is 45.9 Å². The number of amides is 2. The number of hydrogen-bond acceptors (Lipinski definition) is 8. The van der Waals surface area contributed by atoms with Crippen LogP contribution in [0, 0.1) is 13.8 Å². The fourth-order valence-electron chi connectivity index (χ4n) is 8.65. The summed E-state index contributed by atoms with van der Waals surface area (Å²) < 4.78 is 36.9. The van der Waals surface area contributed by atoms with Crippen molar-refractivity contribution in [2.45, 2.75) is 90.5 Å². The van der Waals surface area contributed by atoms with E-state index in [0.717, 1.165) is 61.0 Å². The van der Waals surface area contributed by atoms with Crippen LogP contribution in [0.1, 0.15) is 113 Å². The van der Waals surface area contributed by atoms with Crippen LogP contribution in [0.4, 0.5) is 13.2 Å². The molecule has 6 aromatic rings. The highest BCUT2D eigenvalue weighted by Crippen LogP contribution is 2.41. The van der Waals surface area contributed by atoms with Crippen LogP contribution < -0.4 is 10.6 Å². The van der Waals surface area contributed by atoms with Crippen LogP contribution in [-0.2, 0) is 30.5 Å². The number of carbonyl (C=O) groups is 4. The Kier molecular flexibility index (Phi) is 15.3. The summed E-state index contributed by atoms with van der Waals surface area (Å²) in [5.74, 6) is -1.31. The number of nitrogens with zero attached hydrogens (tertiary/aromatic N) is 2. The van der Waals surface area contributed by atoms with Gasteiger partial charge in [0.25, 0.3) is 0 Å². The number of fused-ring (bicyclic) bond motifs is 2. The molecule has 6 aromatic carbocycles. The highest BCUT2D eigenvalue weighted by molar-refractivity contribution is 6.31. The van der Waals surface area contributed by atoms with Gasteiger partial charge < -0.3 is 20.3 Å². The van der Waals surface area contributed by atoms with E-state index in [1.165, 1.54) is 0 Å². The van der Waals surface area contributed by atoms with E-state index in [1.54, 1.807) is 29.6 Å². The summed E-state index contributed by atoms with van der Waals surface area (Å²) in [6.07, 6.45) is -3.61. The average molecular weight is 980 g/mol. The van der Waals surface area contributed by atoms with Gasteiger partial charge in [-0.25, -0.2) is 0 Å². The number of alkyl halides is 3. The van der Waals surface area contributed by atoms with Crippen LogP contribution in [-0.4, -0.2) is 54.1 Å². The molecule has 0 saturated heterocycles. The van der Waals surface area contributed by atoms with Crippen molar-refractivity contribution >= 4 is 79.6 Å². The van der Waals surface area contributed by atoms with Crippen LogP contribution in [0.3, 0.4) is 0 Å². The Morgan fingerprint density at radius 3 is 1.39 bits per heavy atom. The number of ketones is 2. The molecule has 15 heteroatoms. The Hall–Kier alpha value is -6.57. The van der Waals surface area contributed by atoms with Crippen molar-refractivity contribution in [2.24, 2.45) is 10.3 Å². The third kappa shape index (κ3) is 12.0. The number of oxime groups is 2. The van der Waals surface area contributed by atoms with Crippen molar-refractivity contribution in [3.63, 3.8) is 0 Å². The molecule has 10 nitrogen and oxygen atoms in total. The fourth-order valence-corrected chi connectivity index (χ4v) is 9.22. The van der Waals surface area contributed by atoms with Gasteiger partial charge in [0.2, 0.25) is 11.8 Å². The molecule has 2 heterocycles. The van der Waals surface area contributed by atoms with E-state index in [9.17, 15) is 32.3 Å². The normalized spacial score (nSPS) is 17.5. The zero-order valence-corrected chi connectivity index (χ0v) is 40.3. The van der Waals surface area contributed by atoms with Crippen LogP contribution in [0.5, 0.6) is 0 Å². The molecular weight excluding hydrogens is 929 g/mol. The number of Topliss-reactive ketones (excluding diaryl/α,β-unsaturated/α-hetero) is 2. The molecule has 0 aliphatic carbocycles. The van der Waals surface area contributed by atoms with Crippen molar-refractivity contribution in [2.75, 3.05) is 13.1 Å². The Labute approximate surface area is 408 Å². The molecule has 2 aliphatic rings. The van der Waals surface area contributed by atoms with Crippen molar-refractivity contribution < 1.29 is 42.0 Å². The predicted molar refractivity (Wildman–Crippen MR) is 264 cm³/mol. The van der Waals surface area contributed by atoms with Crippen molar-refractivity contribution in [1.29, 1.82) is 0 Å². The smallest absolute Gasteiger partial charge is 0.384 e. The first kappa shape index (κ1) is 50.3. The van der Waals surface area contributed by atoms with Crippen molar-refractivity contribution in [1.82, 2.24) is 10.6 Å². The summed E-state index contributed by atoms with van der Waals surface area (Å²) in [7, 11) is 0. The van der Waals surface area contributed by atoms with Gasteiger partial charge in [-0.15, -0.1) is 0 Å². The molecule has 0 saturated carbocycles. The van der Waals surface area contributed by atoms with E-state index in [-0.39, 0.29) is 43.2 Å². The van der Waals surface area contributed by atoms with Crippen LogP contribution in [0.15, 0.2) is 120 Å². The molecule has 2 aliphatic heterocycles. The second-order valence-corrected chi connectivity index (χ2v) is 18.6. The molecule has 0 bridgehead atoms. The summed E-state index contributed by atoms with van der Waals surface area (Å²) in [6, 6.07) is 34.0. The monoisotopic (exact) mass is 978 g/mol. The predicted octanol–water partition coefficient (Wildman–Crippen LogP) is 12.4. The van der Waals surface area contributed by atoms with Gasteiger partial charge in [-0.05, 0) is 103 Å². The van der Waals surface area contributed by atoms with Gasteiger partial charge in [0.1, 0.15) is 6.54 Å². The number of rotatable bonds is 14. The molecule has 2 amide bonds. The van der Waals surface area contributed by atoms with Gasteiger partial charge in [0, 0.05) is 77.4 Å². The molecule has 0 aromatic heterocycles. The van der Waals surface area contributed by atoms with Gasteiger partial charge in [-0.3, -0.25) is 19.2 Å². The molecule has 358 valence electrons. The van der Waals surface area contributed by atoms with Gasteiger partial charge in [0.05, 0.1) is 11.4 Å². The zero-order valence-electron chi connectivity index (χ0n) is 38.8. The topological polar surface area (TPSA) is 136 Å². The van der Waals surface area contributed by atoms with Gasteiger partial charge >= 0.3 is 6.18 Å². The van der Waals surface area contributed by atoms with E-state index in [2.05, 4.69) is 21.7 Å². The summed E-state index contributed by atoms with van der Waals surface area (Å²) in [4.78, 5) is 61.1. The lowest BCUT2D eigenvalue weighted by Gasteiger charge is -2.22. The molecule has 0 fully saturated rings. The third-order valence-corrected chi connectivity index (χ3v) is 12.6. The van der Waals surface area contributed by atoms with Crippen molar-refractivity contribution in [3.05, 3.63) is 164 Å². The lowest BCUT2D eigenvalue weighted by atomic mass is 9.86. The maximum absolute atomic E-state index is 12.9. The van der Waals surface area contributed by atoms with Crippen molar-refractivity contribution in [3.8, 4) is 0 Å². The lowest BCUT2D eigenvalue weighted by Crippen LogP contribution is -2.33. The molecule has 0 unspecified atom stereocenters. The van der Waals surface area contributed by atoms with Gasteiger partial charge in [-0.1, -0.05) is 118 Å². The maximum atomic E-state index is 12.9.